The van der Waals surface area contributed by atoms with E-state index in [1.807, 2.05) is 61.0 Å². The summed E-state index contributed by atoms with van der Waals surface area (Å²) >= 11 is 0. The first-order valence-corrected chi connectivity index (χ1v) is 18.7. The predicted octanol–water partition coefficient (Wildman–Crippen LogP) is 7.24. The molecule has 11 heteroatoms. The van der Waals surface area contributed by atoms with Crippen molar-refractivity contribution in [3.8, 4) is 11.5 Å². The van der Waals surface area contributed by atoms with Crippen LogP contribution in [0.1, 0.15) is 103 Å². The molecule has 1 aliphatic carbocycles. The van der Waals surface area contributed by atoms with E-state index in [1.54, 1.807) is 11.0 Å². The molecule has 9 rings (SSSR count). The van der Waals surface area contributed by atoms with Gasteiger partial charge in [0.05, 0.1) is 34.2 Å². The second-order valence-electron chi connectivity index (χ2n) is 14.9. The number of fused-ring (bicyclic) bond motifs is 5. The van der Waals surface area contributed by atoms with Gasteiger partial charge in [0.25, 0.3) is 11.8 Å². The van der Waals surface area contributed by atoms with E-state index in [4.69, 9.17) is 20.7 Å². The summed E-state index contributed by atoms with van der Waals surface area (Å²) in [6.07, 6.45) is 8.79. The standard InChI is InChI=1S/C41H43FN8O2/c1-23-32-16-13-25-21-35(49(38(25)46-32)17-7-3-4-12-33-36(40(51)45-23)29-10-6-5-9-26(29)22-44-33)39-47-34-20-27(19-30(42)37(34)50(39)28-14-15-28)41(52)48-18-8-11-31(43)24(48)2/h5-6,9-10,13,16,19-24,28,31H,3-4,7-8,11-12,14-15,17-18,43H2,1-2H3,(H,45,51)/t23-,24-,31-/m1/s1. The Balaban J connectivity index is 1.13. The fourth-order valence-electron chi connectivity index (χ4n) is 8.32. The molecule has 10 nitrogen and oxygen atoms in total. The number of hydrogen-bond donors (Lipinski definition) is 2. The van der Waals surface area contributed by atoms with Crippen LogP contribution < -0.4 is 11.1 Å². The molecule has 266 valence electrons. The van der Waals surface area contributed by atoms with Crippen LogP contribution in [-0.4, -0.2) is 59.4 Å². The first kappa shape index (κ1) is 32.7. The highest BCUT2D eigenvalue weighted by atomic mass is 19.1. The molecule has 2 aliphatic heterocycles. The highest BCUT2D eigenvalue weighted by Gasteiger charge is 2.34. The van der Waals surface area contributed by atoms with E-state index in [9.17, 15) is 9.59 Å². The van der Waals surface area contributed by atoms with Gasteiger partial charge >= 0.3 is 0 Å². The third-order valence-electron chi connectivity index (χ3n) is 11.4. The highest BCUT2D eigenvalue weighted by molar-refractivity contribution is 6.08. The van der Waals surface area contributed by atoms with Crippen molar-refractivity contribution in [1.82, 2.24) is 34.3 Å². The lowest BCUT2D eigenvalue weighted by Crippen LogP contribution is -2.52. The van der Waals surface area contributed by atoms with Gasteiger partial charge in [-0.05, 0) is 94.5 Å². The summed E-state index contributed by atoms with van der Waals surface area (Å²) in [7, 11) is 0. The largest absolute Gasteiger partial charge is 0.344 e. The Morgan fingerprint density at radius 1 is 0.942 bits per heavy atom. The van der Waals surface area contributed by atoms with Crippen LogP contribution in [0.4, 0.5) is 4.39 Å². The molecule has 6 aromatic rings. The summed E-state index contributed by atoms with van der Waals surface area (Å²) in [5, 5.41) is 6.01. The number of aromatic nitrogens is 5. The van der Waals surface area contributed by atoms with Crippen molar-refractivity contribution >= 4 is 44.7 Å². The molecule has 52 heavy (non-hydrogen) atoms. The number of pyridine rings is 2. The number of nitrogens with two attached hydrogens (primary N) is 1. The Morgan fingerprint density at radius 2 is 1.79 bits per heavy atom. The molecule has 3 atom stereocenters. The van der Waals surface area contributed by atoms with Crippen molar-refractivity contribution in [3.05, 3.63) is 89.1 Å². The second-order valence-corrected chi connectivity index (χ2v) is 14.9. The van der Waals surface area contributed by atoms with Crippen molar-refractivity contribution < 1.29 is 14.0 Å². The molecule has 0 unspecified atom stereocenters. The van der Waals surface area contributed by atoms with Crippen molar-refractivity contribution in [2.24, 2.45) is 5.73 Å². The van der Waals surface area contributed by atoms with Crippen molar-refractivity contribution in [2.45, 2.75) is 95.9 Å². The lowest BCUT2D eigenvalue weighted by atomic mass is 9.97. The number of piperidine rings is 1. The minimum atomic E-state index is -0.441. The number of rotatable bonds is 3. The molecule has 3 aliphatic rings. The van der Waals surface area contributed by atoms with Gasteiger partial charge in [0.1, 0.15) is 17.0 Å². The molecule has 3 N–H and O–H groups in total. The molecule has 2 aromatic carbocycles. The Labute approximate surface area is 301 Å². The topological polar surface area (TPSA) is 124 Å². The number of carbonyl (C=O) groups is 2. The molecule has 2 bridgehead atoms. The number of nitrogens with zero attached hydrogens (tertiary/aromatic N) is 6. The average Bonchev–Trinajstić information content (AvgIpc) is 3.81. The van der Waals surface area contributed by atoms with E-state index in [1.165, 1.54) is 6.07 Å². The van der Waals surface area contributed by atoms with Gasteiger partial charge in [0, 0.05) is 53.7 Å². The van der Waals surface area contributed by atoms with Crippen LogP contribution in [0.25, 0.3) is 44.4 Å². The first-order chi connectivity index (χ1) is 25.3. The molecule has 2 amide bonds. The number of nitrogens with one attached hydrogen (secondary N) is 1. The Hall–Kier alpha value is -5.16. The zero-order valence-corrected chi connectivity index (χ0v) is 29.6. The number of hydrogen-bond acceptors (Lipinski definition) is 6. The van der Waals surface area contributed by atoms with Gasteiger partial charge in [0.2, 0.25) is 0 Å². The number of imidazole rings is 1. The van der Waals surface area contributed by atoms with Crippen LogP contribution in [0.3, 0.4) is 0 Å². The summed E-state index contributed by atoms with van der Waals surface area (Å²) < 4.78 is 20.5. The molecule has 0 spiro atoms. The molecular formula is C41H43FN8O2. The van der Waals surface area contributed by atoms with E-state index in [2.05, 4.69) is 16.0 Å². The van der Waals surface area contributed by atoms with Gasteiger partial charge < -0.3 is 25.1 Å². The minimum absolute atomic E-state index is 0.0992. The normalized spacial score (nSPS) is 21.4. The first-order valence-electron chi connectivity index (χ1n) is 18.7. The fourth-order valence-corrected chi connectivity index (χ4v) is 8.32. The summed E-state index contributed by atoms with van der Waals surface area (Å²) in [5.41, 5.74) is 11.4. The second kappa shape index (κ2) is 12.8. The predicted molar refractivity (Wildman–Crippen MR) is 200 cm³/mol. The molecule has 1 saturated heterocycles. The molecular weight excluding hydrogens is 656 g/mol. The van der Waals surface area contributed by atoms with Gasteiger partial charge in [-0.2, -0.15) is 0 Å². The van der Waals surface area contributed by atoms with Crippen molar-refractivity contribution in [1.29, 1.82) is 0 Å². The van der Waals surface area contributed by atoms with Gasteiger partial charge in [-0.15, -0.1) is 0 Å². The van der Waals surface area contributed by atoms with Crippen molar-refractivity contribution in [3.63, 3.8) is 0 Å². The van der Waals surface area contributed by atoms with Crippen LogP contribution in [0.5, 0.6) is 0 Å². The maximum Gasteiger partial charge on any atom is 0.254 e. The van der Waals surface area contributed by atoms with Gasteiger partial charge in [-0.25, -0.2) is 14.4 Å². The zero-order valence-electron chi connectivity index (χ0n) is 29.6. The Kier molecular flexibility index (Phi) is 8.06. The summed E-state index contributed by atoms with van der Waals surface area (Å²) in [6, 6.07) is 16.7. The molecule has 6 heterocycles. The third-order valence-corrected chi connectivity index (χ3v) is 11.4. The molecule has 1 saturated carbocycles. The van der Waals surface area contributed by atoms with E-state index in [0.29, 0.717) is 47.5 Å². The Morgan fingerprint density at radius 3 is 2.63 bits per heavy atom. The number of halogens is 1. The average molecular weight is 699 g/mol. The third kappa shape index (κ3) is 5.53. The maximum atomic E-state index is 16.2. The smallest absolute Gasteiger partial charge is 0.254 e. The number of likely N-dealkylation sites (tertiary alicyclic amines) is 1. The number of amides is 2. The van der Waals surface area contributed by atoms with Crippen LogP contribution in [0.2, 0.25) is 0 Å². The van der Waals surface area contributed by atoms with Gasteiger partial charge in [0.15, 0.2) is 5.82 Å². The number of benzene rings is 2. The van der Waals surface area contributed by atoms with E-state index in [-0.39, 0.29) is 36.0 Å². The summed E-state index contributed by atoms with van der Waals surface area (Å²) in [6.45, 7) is 5.22. The van der Waals surface area contributed by atoms with Crippen LogP contribution in [-0.2, 0) is 13.0 Å². The fraction of sp³-hybridized carbons (Fsp3) is 0.390. The maximum absolute atomic E-state index is 16.2. The Bertz CT molecular complexity index is 2390. The van der Waals surface area contributed by atoms with E-state index < -0.39 is 5.82 Å². The van der Waals surface area contributed by atoms with E-state index in [0.717, 1.165) is 83.8 Å². The minimum Gasteiger partial charge on any atom is -0.344 e. The van der Waals surface area contributed by atoms with E-state index >= 15 is 4.39 Å². The van der Waals surface area contributed by atoms with Crippen LogP contribution in [0, 0.1) is 5.82 Å². The monoisotopic (exact) mass is 698 g/mol. The van der Waals surface area contributed by atoms with Gasteiger partial charge in [-0.3, -0.25) is 14.6 Å². The quantitative estimate of drug-likeness (QED) is 0.201. The van der Waals surface area contributed by atoms with Crippen molar-refractivity contribution in [2.75, 3.05) is 6.54 Å². The summed E-state index contributed by atoms with van der Waals surface area (Å²) in [5.74, 6) is -0.125. The number of carbonyl (C=O) groups excluding carboxylic acids is 2. The zero-order chi connectivity index (χ0) is 35.7. The lowest BCUT2D eigenvalue weighted by Gasteiger charge is -2.37. The number of aryl methyl sites for hydroxylation is 2. The summed E-state index contributed by atoms with van der Waals surface area (Å²) in [4.78, 5) is 44.4. The van der Waals surface area contributed by atoms with Gasteiger partial charge in [-0.1, -0.05) is 30.7 Å². The van der Waals surface area contributed by atoms with Crippen LogP contribution >= 0.6 is 0 Å². The van der Waals surface area contributed by atoms with Crippen LogP contribution in [0.15, 0.2) is 60.8 Å². The molecule has 2 fully saturated rings. The highest BCUT2D eigenvalue weighted by Crippen LogP contribution is 2.43. The SMILES string of the molecule is C[C@@H]1[C@H](N)CCCN1C(=O)c1cc(F)c2c(c1)nc(-c1cc3ccc4nc3n1CCCCCc1ncc3ccccc3c1C(=O)N[C@@H]4C)n2C1CC1. The lowest BCUT2D eigenvalue weighted by molar-refractivity contribution is 0.0604. The molecule has 0 radical (unpaired) electrons. The molecule has 4 aromatic heterocycles.